The number of amides is 1. The van der Waals surface area contributed by atoms with E-state index in [9.17, 15) is 4.79 Å². The van der Waals surface area contributed by atoms with Crippen LogP contribution in [-0.4, -0.2) is 41.5 Å². The molecule has 0 aliphatic carbocycles. The lowest BCUT2D eigenvalue weighted by atomic mass is 9.90. The minimum atomic E-state index is -0.645. The topological polar surface area (TPSA) is 58.4 Å². The fourth-order valence-corrected chi connectivity index (χ4v) is 2.83. The number of nitrogens with zero attached hydrogens (tertiary/aromatic N) is 1. The van der Waals surface area contributed by atoms with Crippen LogP contribution < -0.4 is 11.1 Å². The average Bonchev–Trinajstić information content (AvgIpc) is 2.28. The molecule has 0 saturated heterocycles. The van der Waals surface area contributed by atoms with Crippen LogP contribution in [0.1, 0.15) is 60.8 Å². The van der Waals surface area contributed by atoms with E-state index in [0.717, 1.165) is 19.3 Å². The summed E-state index contributed by atoms with van der Waals surface area (Å²) in [6.45, 7) is 12.6. The zero-order valence-electron chi connectivity index (χ0n) is 13.8. The van der Waals surface area contributed by atoms with Crippen molar-refractivity contribution in [1.82, 2.24) is 10.2 Å². The van der Waals surface area contributed by atoms with Crippen molar-refractivity contribution in [2.24, 2.45) is 5.73 Å². The van der Waals surface area contributed by atoms with Crippen LogP contribution >= 0.6 is 0 Å². The highest BCUT2D eigenvalue weighted by Crippen LogP contribution is 2.19. The van der Waals surface area contributed by atoms with Crippen molar-refractivity contribution in [1.29, 1.82) is 0 Å². The number of primary amides is 1. The molecule has 2 unspecified atom stereocenters. The second-order valence-corrected chi connectivity index (χ2v) is 6.18. The molecule has 114 valence electrons. The van der Waals surface area contributed by atoms with E-state index in [1.165, 1.54) is 0 Å². The number of hydrogen-bond donors (Lipinski definition) is 2. The van der Waals surface area contributed by atoms with Crippen LogP contribution in [0.15, 0.2) is 0 Å². The van der Waals surface area contributed by atoms with Crippen LogP contribution in [0.5, 0.6) is 0 Å². The van der Waals surface area contributed by atoms with Gasteiger partial charge in [0.2, 0.25) is 5.91 Å². The van der Waals surface area contributed by atoms with E-state index in [0.29, 0.717) is 12.1 Å². The third-order valence-electron chi connectivity index (χ3n) is 4.07. The van der Waals surface area contributed by atoms with Gasteiger partial charge < -0.3 is 16.0 Å². The Labute approximate surface area is 119 Å². The molecule has 0 aliphatic heterocycles. The van der Waals surface area contributed by atoms with Crippen molar-refractivity contribution in [3.63, 3.8) is 0 Å². The first-order chi connectivity index (χ1) is 8.67. The first-order valence-corrected chi connectivity index (χ1v) is 7.47. The molecule has 19 heavy (non-hydrogen) atoms. The Morgan fingerprint density at radius 1 is 1.26 bits per heavy atom. The van der Waals surface area contributed by atoms with Crippen molar-refractivity contribution >= 4 is 5.91 Å². The van der Waals surface area contributed by atoms with Gasteiger partial charge in [0.15, 0.2) is 0 Å². The van der Waals surface area contributed by atoms with Crippen LogP contribution in [0.3, 0.4) is 0 Å². The minimum absolute atomic E-state index is 0.239. The number of carbonyl (C=O) groups excluding carboxylic acids is 1. The predicted octanol–water partition coefficient (Wildman–Crippen LogP) is 2.13. The van der Waals surface area contributed by atoms with Crippen molar-refractivity contribution in [2.75, 3.05) is 7.05 Å². The molecule has 0 aliphatic rings. The van der Waals surface area contributed by atoms with Crippen molar-refractivity contribution in [2.45, 2.75) is 84.5 Å². The quantitative estimate of drug-likeness (QED) is 0.675. The Morgan fingerprint density at radius 2 is 1.74 bits per heavy atom. The SMILES string of the molecule is CCC(CC)N(C)C(C)CC(C)(NC(C)C)C(N)=O. The van der Waals surface area contributed by atoms with Crippen molar-refractivity contribution in [3.05, 3.63) is 0 Å². The Balaban J connectivity index is 4.80. The maximum atomic E-state index is 11.8. The average molecular weight is 271 g/mol. The van der Waals surface area contributed by atoms with Crippen LogP contribution in [-0.2, 0) is 4.79 Å². The number of hydrogen-bond acceptors (Lipinski definition) is 3. The molecule has 0 heterocycles. The molecule has 3 N–H and O–H groups in total. The molecule has 0 radical (unpaired) electrons. The molecule has 1 amide bonds. The molecule has 0 saturated carbocycles. The minimum Gasteiger partial charge on any atom is -0.368 e. The van der Waals surface area contributed by atoms with E-state index in [1.807, 2.05) is 20.8 Å². The summed E-state index contributed by atoms with van der Waals surface area (Å²) in [6.07, 6.45) is 2.98. The highest BCUT2D eigenvalue weighted by atomic mass is 16.1. The molecule has 4 heteroatoms. The summed E-state index contributed by atoms with van der Waals surface area (Å²) in [5, 5.41) is 3.32. The van der Waals surface area contributed by atoms with Crippen molar-refractivity contribution < 1.29 is 4.79 Å². The van der Waals surface area contributed by atoms with Crippen LogP contribution in [0.2, 0.25) is 0 Å². The van der Waals surface area contributed by atoms with E-state index in [4.69, 9.17) is 5.73 Å². The molecule has 0 aromatic heterocycles. The first-order valence-electron chi connectivity index (χ1n) is 7.47. The molecule has 0 aromatic rings. The Morgan fingerprint density at radius 3 is 2.05 bits per heavy atom. The third kappa shape index (κ3) is 5.49. The van der Waals surface area contributed by atoms with Gasteiger partial charge in [-0.25, -0.2) is 0 Å². The molecule has 4 nitrogen and oxygen atoms in total. The summed E-state index contributed by atoms with van der Waals surface area (Å²) in [7, 11) is 2.14. The molecular formula is C15H33N3O. The van der Waals surface area contributed by atoms with Crippen LogP contribution in [0.25, 0.3) is 0 Å². The van der Waals surface area contributed by atoms with Gasteiger partial charge in [-0.1, -0.05) is 13.8 Å². The molecule has 0 aromatic carbocycles. The van der Waals surface area contributed by atoms with E-state index in [-0.39, 0.29) is 11.9 Å². The molecule has 0 rings (SSSR count). The summed E-state index contributed by atoms with van der Waals surface area (Å²) in [6, 6.07) is 1.11. The highest BCUT2D eigenvalue weighted by molar-refractivity contribution is 5.84. The summed E-state index contributed by atoms with van der Waals surface area (Å²) in [5.74, 6) is -0.272. The molecular weight excluding hydrogens is 238 g/mol. The van der Waals surface area contributed by atoms with E-state index < -0.39 is 5.54 Å². The molecule has 0 fully saturated rings. The smallest absolute Gasteiger partial charge is 0.237 e. The second kappa shape index (κ2) is 7.85. The van der Waals surface area contributed by atoms with Gasteiger partial charge in [-0.05, 0) is 54.0 Å². The maximum absolute atomic E-state index is 11.8. The monoisotopic (exact) mass is 271 g/mol. The fraction of sp³-hybridized carbons (Fsp3) is 0.933. The lowest BCUT2D eigenvalue weighted by Gasteiger charge is -2.38. The van der Waals surface area contributed by atoms with Gasteiger partial charge >= 0.3 is 0 Å². The van der Waals surface area contributed by atoms with E-state index in [2.05, 4.69) is 38.0 Å². The molecule has 2 atom stereocenters. The van der Waals surface area contributed by atoms with Gasteiger partial charge in [-0.15, -0.1) is 0 Å². The largest absolute Gasteiger partial charge is 0.368 e. The number of nitrogens with one attached hydrogen (secondary N) is 1. The Kier molecular flexibility index (Phi) is 7.60. The number of nitrogens with two attached hydrogens (primary N) is 1. The van der Waals surface area contributed by atoms with Crippen LogP contribution in [0.4, 0.5) is 0 Å². The molecule has 0 spiro atoms. The lowest BCUT2D eigenvalue weighted by molar-refractivity contribution is -0.125. The van der Waals surface area contributed by atoms with Gasteiger partial charge in [0, 0.05) is 18.1 Å². The zero-order valence-corrected chi connectivity index (χ0v) is 13.8. The normalized spacial score (nSPS) is 16.9. The fourth-order valence-electron chi connectivity index (χ4n) is 2.83. The van der Waals surface area contributed by atoms with Crippen molar-refractivity contribution in [3.8, 4) is 0 Å². The van der Waals surface area contributed by atoms with Gasteiger partial charge in [0.25, 0.3) is 0 Å². The maximum Gasteiger partial charge on any atom is 0.237 e. The molecule has 0 bridgehead atoms. The number of carbonyl (C=O) groups is 1. The first kappa shape index (κ1) is 18.4. The zero-order chi connectivity index (χ0) is 15.2. The highest BCUT2D eigenvalue weighted by Gasteiger charge is 2.34. The predicted molar refractivity (Wildman–Crippen MR) is 82.1 cm³/mol. The van der Waals surface area contributed by atoms with Gasteiger partial charge in [-0.3, -0.25) is 4.79 Å². The Hall–Kier alpha value is -0.610. The summed E-state index contributed by atoms with van der Waals surface area (Å²) in [5.41, 5.74) is 4.94. The third-order valence-corrected chi connectivity index (χ3v) is 4.07. The van der Waals surface area contributed by atoms with E-state index >= 15 is 0 Å². The number of rotatable bonds is 9. The van der Waals surface area contributed by atoms with Gasteiger partial charge in [0.05, 0.1) is 5.54 Å². The summed E-state index contributed by atoms with van der Waals surface area (Å²) >= 11 is 0. The summed E-state index contributed by atoms with van der Waals surface area (Å²) in [4.78, 5) is 14.1. The standard InChI is InChI=1S/C15H33N3O/c1-8-13(9-2)18(7)12(5)10-15(6,14(16)19)17-11(3)4/h11-13,17H,8-10H2,1-7H3,(H2,16,19). The summed E-state index contributed by atoms with van der Waals surface area (Å²) < 4.78 is 0. The van der Waals surface area contributed by atoms with Gasteiger partial charge in [0.1, 0.15) is 0 Å². The second-order valence-electron chi connectivity index (χ2n) is 6.18. The van der Waals surface area contributed by atoms with Gasteiger partial charge in [-0.2, -0.15) is 0 Å². The van der Waals surface area contributed by atoms with E-state index in [1.54, 1.807) is 0 Å². The lowest BCUT2D eigenvalue weighted by Crippen LogP contribution is -2.58. The Bertz CT molecular complexity index is 277. The van der Waals surface area contributed by atoms with Crippen LogP contribution in [0, 0.1) is 0 Å².